The van der Waals surface area contributed by atoms with Crippen molar-refractivity contribution in [3.63, 3.8) is 0 Å². The standard InChI is InChI=1S/C17H17F3N4O3/c18-17(19,20)14-8-13(22-23-14)15(25)24-7-6-12(9-24)21-16(26)27-10-11-4-2-1-3-5-11/h1-5,8,12H,6-7,9-10H2,(H,21,26)(H,22,23). The summed E-state index contributed by atoms with van der Waals surface area (Å²) in [6.07, 6.45) is -4.73. The SMILES string of the molecule is O=C(NC1CCN(C(=O)c2cc(C(F)(F)F)[nH]n2)C1)OCc1ccccc1. The number of carbonyl (C=O) groups is 2. The van der Waals surface area contributed by atoms with Crippen molar-refractivity contribution in [3.8, 4) is 0 Å². The predicted molar refractivity (Wildman–Crippen MR) is 87.7 cm³/mol. The molecule has 0 bridgehead atoms. The van der Waals surface area contributed by atoms with E-state index in [9.17, 15) is 22.8 Å². The van der Waals surface area contributed by atoms with Crippen LogP contribution in [0.3, 0.4) is 0 Å². The van der Waals surface area contributed by atoms with Gasteiger partial charge in [0.1, 0.15) is 12.3 Å². The largest absolute Gasteiger partial charge is 0.445 e. The Morgan fingerprint density at radius 1 is 1.30 bits per heavy atom. The van der Waals surface area contributed by atoms with Crippen molar-refractivity contribution in [3.05, 3.63) is 53.3 Å². The minimum absolute atomic E-state index is 0.121. The van der Waals surface area contributed by atoms with E-state index in [1.54, 1.807) is 0 Å². The molecule has 1 unspecified atom stereocenters. The summed E-state index contributed by atoms with van der Waals surface area (Å²) in [6.45, 7) is 0.597. The van der Waals surface area contributed by atoms with Crippen LogP contribution in [-0.4, -0.2) is 46.2 Å². The van der Waals surface area contributed by atoms with Crippen LogP contribution < -0.4 is 5.32 Å². The molecule has 2 heterocycles. The molecule has 27 heavy (non-hydrogen) atoms. The molecule has 1 aliphatic rings. The zero-order valence-electron chi connectivity index (χ0n) is 14.1. The molecule has 2 aromatic rings. The number of alkyl halides is 3. The van der Waals surface area contributed by atoms with Crippen LogP contribution in [0.25, 0.3) is 0 Å². The minimum atomic E-state index is -4.59. The molecule has 2 amide bonds. The summed E-state index contributed by atoms with van der Waals surface area (Å²) in [7, 11) is 0. The molecular formula is C17H17F3N4O3. The van der Waals surface area contributed by atoms with E-state index in [1.807, 2.05) is 35.4 Å². The summed E-state index contributed by atoms with van der Waals surface area (Å²) in [6, 6.07) is 9.50. The fourth-order valence-corrected chi connectivity index (χ4v) is 2.73. The van der Waals surface area contributed by atoms with Gasteiger partial charge in [0.05, 0.1) is 6.04 Å². The normalized spacial score (nSPS) is 17.0. The molecule has 1 fully saturated rings. The lowest BCUT2D eigenvalue weighted by atomic mass is 10.2. The molecule has 0 saturated carbocycles. The molecule has 3 rings (SSSR count). The smallest absolute Gasteiger partial charge is 0.432 e. The van der Waals surface area contributed by atoms with Crippen molar-refractivity contribution in [2.45, 2.75) is 25.2 Å². The molecule has 7 nitrogen and oxygen atoms in total. The summed E-state index contributed by atoms with van der Waals surface area (Å²) in [5.41, 5.74) is -0.547. The van der Waals surface area contributed by atoms with Gasteiger partial charge in [-0.15, -0.1) is 0 Å². The van der Waals surface area contributed by atoms with E-state index in [0.717, 1.165) is 5.56 Å². The Kier molecular flexibility index (Phi) is 5.33. The van der Waals surface area contributed by atoms with Crippen LogP contribution in [0.1, 0.15) is 28.2 Å². The van der Waals surface area contributed by atoms with Gasteiger partial charge in [0.25, 0.3) is 5.91 Å². The van der Waals surface area contributed by atoms with Crippen LogP contribution in [0.15, 0.2) is 36.4 Å². The lowest BCUT2D eigenvalue weighted by Crippen LogP contribution is -2.38. The third-order valence-electron chi connectivity index (χ3n) is 4.11. The van der Waals surface area contributed by atoms with Crippen LogP contribution in [0.2, 0.25) is 0 Å². The quantitative estimate of drug-likeness (QED) is 0.851. The maximum Gasteiger partial charge on any atom is 0.432 e. The number of aromatic amines is 1. The first-order valence-electron chi connectivity index (χ1n) is 8.22. The van der Waals surface area contributed by atoms with Crippen molar-refractivity contribution >= 4 is 12.0 Å². The molecule has 1 aromatic heterocycles. The number of aromatic nitrogens is 2. The molecule has 0 aliphatic carbocycles. The summed E-state index contributed by atoms with van der Waals surface area (Å²) >= 11 is 0. The highest BCUT2D eigenvalue weighted by atomic mass is 19.4. The van der Waals surface area contributed by atoms with Gasteiger partial charge in [-0.25, -0.2) is 4.79 Å². The van der Waals surface area contributed by atoms with Crippen molar-refractivity contribution in [2.24, 2.45) is 0 Å². The van der Waals surface area contributed by atoms with Crippen LogP contribution in [0.5, 0.6) is 0 Å². The molecular weight excluding hydrogens is 365 g/mol. The Morgan fingerprint density at radius 3 is 2.70 bits per heavy atom. The Balaban J connectivity index is 1.48. The summed E-state index contributed by atoms with van der Waals surface area (Å²) in [5, 5.41) is 7.89. The molecule has 1 atom stereocenters. The van der Waals surface area contributed by atoms with Gasteiger partial charge in [0.15, 0.2) is 5.69 Å². The van der Waals surface area contributed by atoms with Crippen molar-refractivity contribution in [1.82, 2.24) is 20.4 Å². The number of ether oxygens (including phenoxy) is 1. The average Bonchev–Trinajstić information content (AvgIpc) is 3.30. The highest BCUT2D eigenvalue weighted by Crippen LogP contribution is 2.28. The number of nitrogens with one attached hydrogen (secondary N) is 2. The number of carbonyl (C=O) groups excluding carboxylic acids is 2. The highest BCUT2D eigenvalue weighted by Gasteiger charge is 2.35. The number of likely N-dealkylation sites (tertiary alicyclic amines) is 1. The van der Waals surface area contributed by atoms with Crippen molar-refractivity contribution < 1.29 is 27.5 Å². The molecule has 144 valence electrons. The van der Waals surface area contributed by atoms with Gasteiger partial charge in [0, 0.05) is 19.2 Å². The second-order valence-electron chi connectivity index (χ2n) is 6.11. The Labute approximate surface area is 152 Å². The number of rotatable bonds is 4. The Morgan fingerprint density at radius 2 is 2.04 bits per heavy atom. The zero-order valence-corrected chi connectivity index (χ0v) is 14.1. The third-order valence-corrected chi connectivity index (χ3v) is 4.11. The first kappa shape index (κ1) is 18.7. The van der Waals surface area contributed by atoms with E-state index in [0.29, 0.717) is 19.0 Å². The van der Waals surface area contributed by atoms with Crippen molar-refractivity contribution in [2.75, 3.05) is 13.1 Å². The topological polar surface area (TPSA) is 87.3 Å². The molecule has 0 spiro atoms. The van der Waals surface area contributed by atoms with Crippen LogP contribution in [0, 0.1) is 0 Å². The van der Waals surface area contributed by atoms with Gasteiger partial charge in [0.2, 0.25) is 0 Å². The molecule has 10 heteroatoms. The Hall–Kier alpha value is -3.04. The number of nitrogens with zero attached hydrogens (tertiary/aromatic N) is 2. The van der Waals surface area contributed by atoms with Gasteiger partial charge in [-0.05, 0) is 12.0 Å². The van der Waals surface area contributed by atoms with Gasteiger partial charge in [-0.2, -0.15) is 18.3 Å². The minimum Gasteiger partial charge on any atom is -0.445 e. The van der Waals surface area contributed by atoms with Crippen LogP contribution in [0.4, 0.5) is 18.0 Å². The lowest BCUT2D eigenvalue weighted by molar-refractivity contribution is -0.141. The highest BCUT2D eigenvalue weighted by molar-refractivity contribution is 5.92. The van der Waals surface area contributed by atoms with Crippen LogP contribution >= 0.6 is 0 Å². The molecule has 1 aromatic carbocycles. The van der Waals surface area contributed by atoms with Gasteiger partial charge in [-0.3, -0.25) is 9.89 Å². The van der Waals surface area contributed by atoms with E-state index in [-0.39, 0.29) is 24.9 Å². The third kappa shape index (κ3) is 4.78. The number of alkyl carbamates (subject to hydrolysis) is 1. The summed E-state index contributed by atoms with van der Waals surface area (Å²) in [5.74, 6) is -0.622. The van der Waals surface area contributed by atoms with Crippen molar-refractivity contribution in [1.29, 1.82) is 0 Å². The first-order valence-corrected chi connectivity index (χ1v) is 8.22. The van der Waals surface area contributed by atoms with E-state index in [2.05, 4.69) is 10.4 Å². The average molecular weight is 382 g/mol. The van der Waals surface area contributed by atoms with Crippen LogP contribution in [-0.2, 0) is 17.5 Å². The predicted octanol–water partition coefficient (Wildman–Crippen LogP) is 2.57. The molecule has 1 aliphatic heterocycles. The molecule has 2 N–H and O–H groups in total. The molecule has 1 saturated heterocycles. The summed E-state index contributed by atoms with van der Waals surface area (Å²) < 4.78 is 42.9. The zero-order chi connectivity index (χ0) is 19.4. The fourth-order valence-electron chi connectivity index (χ4n) is 2.73. The monoisotopic (exact) mass is 382 g/mol. The lowest BCUT2D eigenvalue weighted by Gasteiger charge is -2.16. The second-order valence-corrected chi connectivity index (χ2v) is 6.11. The number of hydrogen-bond acceptors (Lipinski definition) is 4. The van der Waals surface area contributed by atoms with Gasteiger partial charge in [-0.1, -0.05) is 30.3 Å². The van der Waals surface area contributed by atoms with E-state index in [4.69, 9.17) is 4.74 Å². The number of hydrogen-bond donors (Lipinski definition) is 2. The summed E-state index contributed by atoms with van der Waals surface area (Å²) in [4.78, 5) is 25.5. The van der Waals surface area contributed by atoms with E-state index < -0.39 is 23.9 Å². The van der Waals surface area contributed by atoms with E-state index >= 15 is 0 Å². The molecule has 0 radical (unpaired) electrons. The fraction of sp³-hybridized carbons (Fsp3) is 0.353. The number of amides is 2. The maximum atomic E-state index is 12.6. The van der Waals surface area contributed by atoms with E-state index in [1.165, 1.54) is 4.90 Å². The number of benzene rings is 1. The van der Waals surface area contributed by atoms with Gasteiger partial charge < -0.3 is 15.0 Å². The first-order chi connectivity index (χ1) is 12.8. The Bertz CT molecular complexity index is 807. The number of halogens is 3. The maximum absolute atomic E-state index is 12.6. The second kappa shape index (κ2) is 7.68. The number of H-pyrrole nitrogens is 1. The van der Waals surface area contributed by atoms with Gasteiger partial charge >= 0.3 is 12.3 Å².